The fraction of sp³-hybridized carbons (Fsp3) is 0.412. The van der Waals surface area contributed by atoms with Gasteiger partial charge in [0.15, 0.2) is 0 Å². The normalized spacial score (nSPS) is 19.9. The Bertz CT molecular complexity index is 764. The molecule has 1 saturated carbocycles. The number of nitrogens with one attached hydrogen (secondary N) is 2. The highest BCUT2D eigenvalue weighted by atomic mass is 16.5. The minimum absolute atomic E-state index is 0.0202. The molecule has 0 aliphatic heterocycles. The van der Waals surface area contributed by atoms with E-state index in [4.69, 9.17) is 9.47 Å². The van der Waals surface area contributed by atoms with Gasteiger partial charge in [-0.2, -0.15) is 0 Å². The Hall–Kier alpha value is -2.90. The first-order chi connectivity index (χ1) is 12.2. The average Bonchev–Trinajstić information content (AvgIpc) is 2.64. The average molecular weight is 344 g/mol. The van der Waals surface area contributed by atoms with E-state index in [1.165, 1.54) is 25.4 Å². The van der Waals surface area contributed by atoms with Gasteiger partial charge in [-0.15, -0.1) is 0 Å². The van der Waals surface area contributed by atoms with E-state index in [9.17, 15) is 9.59 Å². The molecule has 0 saturated heterocycles. The topological polar surface area (TPSA) is 106 Å². The largest absolute Gasteiger partial charge is 0.477 e. The summed E-state index contributed by atoms with van der Waals surface area (Å²) in [6.07, 6.45) is 7.78. The lowest BCUT2D eigenvalue weighted by atomic mass is 9.92. The van der Waals surface area contributed by atoms with Gasteiger partial charge in [0.05, 0.1) is 12.7 Å². The molecule has 2 aromatic rings. The number of ether oxygens (including phenoxy) is 2. The quantitative estimate of drug-likeness (QED) is 0.847. The summed E-state index contributed by atoms with van der Waals surface area (Å²) in [5.41, 5.74) is 0.218. The molecule has 2 N–H and O–H groups in total. The Morgan fingerprint density at radius 1 is 1.16 bits per heavy atom. The number of carbonyl (C=O) groups is 1. The predicted octanol–water partition coefficient (Wildman–Crippen LogP) is 1.29. The lowest BCUT2D eigenvalue weighted by molar-refractivity contribution is 0.0886. The molecular weight excluding hydrogens is 324 g/mol. The number of aromatic nitrogens is 3. The molecule has 2 heterocycles. The smallest absolute Gasteiger partial charge is 0.278 e. The Balaban J connectivity index is 1.51. The number of methoxy groups -OCH3 is 1. The van der Waals surface area contributed by atoms with Crippen LogP contribution >= 0.6 is 0 Å². The molecule has 8 heteroatoms. The fourth-order valence-corrected chi connectivity index (χ4v) is 2.84. The minimum atomic E-state index is -0.228. The first-order valence-electron chi connectivity index (χ1n) is 8.17. The summed E-state index contributed by atoms with van der Waals surface area (Å²) < 4.78 is 11.0. The van der Waals surface area contributed by atoms with Crippen molar-refractivity contribution >= 4 is 5.91 Å². The number of hydrogen-bond donors (Lipinski definition) is 2. The van der Waals surface area contributed by atoms with Gasteiger partial charge in [-0.25, -0.2) is 9.97 Å². The molecule has 25 heavy (non-hydrogen) atoms. The predicted molar refractivity (Wildman–Crippen MR) is 89.8 cm³/mol. The summed E-state index contributed by atoms with van der Waals surface area (Å²) >= 11 is 0. The number of hydrogen-bond acceptors (Lipinski definition) is 6. The van der Waals surface area contributed by atoms with Gasteiger partial charge in [0.2, 0.25) is 5.56 Å². The Morgan fingerprint density at radius 2 is 1.88 bits per heavy atom. The zero-order valence-corrected chi connectivity index (χ0v) is 13.9. The van der Waals surface area contributed by atoms with E-state index in [1.54, 1.807) is 12.4 Å². The summed E-state index contributed by atoms with van der Waals surface area (Å²) in [4.78, 5) is 33.9. The second kappa shape index (κ2) is 7.78. The maximum atomic E-state index is 12.2. The van der Waals surface area contributed by atoms with Gasteiger partial charge in [0, 0.05) is 30.7 Å². The maximum Gasteiger partial charge on any atom is 0.278 e. The van der Waals surface area contributed by atoms with Crippen molar-refractivity contribution in [1.82, 2.24) is 20.3 Å². The van der Waals surface area contributed by atoms with Crippen molar-refractivity contribution in [1.29, 1.82) is 0 Å². The van der Waals surface area contributed by atoms with E-state index < -0.39 is 0 Å². The monoisotopic (exact) mass is 344 g/mol. The second-order valence-electron chi connectivity index (χ2n) is 5.88. The molecule has 2 aromatic heterocycles. The van der Waals surface area contributed by atoms with Crippen molar-refractivity contribution in [2.45, 2.75) is 37.8 Å². The van der Waals surface area contributed by atoms with Crippen molar-refractivity contribution in [2.24, 2.45) is 0 Å². The van der Waals surface area contributed by atoms with Crippen LogP contribution in [0.3, 0.4) is 0 Å². The third kappa shape index (κ3) is 4.34. The Kier molecular flexibility index (Phi) is 5.27. The molecule has 0 atom stereocenters. The molecule has 3 rings (SSSR count). The summed E-state index contributed by atoms with van der Waals surface area (Å²) in [6, 6.07) is 2.94. The molecule has 1 fully saturated rings. The molecule has 0 radical (unpaired) electrons. The molecule has 8 nitrogen and oxygen atoms in total. The van der Waals surface area contributed by atoms with Crippen molar-refractivity contribution in [3.8, 4) is 11.8 Å². The first-order valence-corrected chi connectivity index (χ1v) is 8.17. The minimum Gasteiger partial charge on any atom is -0.477 e. The lowest BCUT2D eigenvalue weighted by Crippen LogP contribution is -2.39. The van der Waals surface area contributed by atoms with E-state index in [2.05, 4.69) is 20.3 Å². The number of aromatic amines is 1. The molecule has 0 aromatic carbocycles. The molecule has 0 unspecified atom stereocenters. The summed E-state index contributed by atoms with van der Waals surface area (Å²) in [5, 5.41) is 2.99. The highest BCUT2D eigenvalue weighted by Crippen LogP contribution is 2.27. The third-order valence-corrected chi connectivity index (χ3v) is 4.16. The molecule has 132 valence electrons. The van der Waals surface area contributed by atoms with Crippen LogP contribution in [-0.2, 0) is 0 Å². The van der Waals surface area contributed by atoms with Crippen LogP contribution in [0.5, 0.6) is 11.8 Å². The van der Waals surface area contributed by atoms with Crippen molar-refractivity contribution in [3.05, 3.63) is 46.6 Å². The van der Waals surface area contributed by atoms with Crippen LogP contribution in [0.15, 0.2) is 35.5 Å². The molecule has 1 aliphatic rings. The van der Waals surface area contributed by atoms with Gasteiger partial charge < -0.3 is 19.8 Å². The SMILES string of the molecule is COc1nccnc1OC1CCC(NC(=O)c2ccc(=O)[nH]c2)CC1. The summed E-state index contributed by atoms with van der Waals surface area (Å²) in [6.45, 7) is 0. The standard InChI is InChI=1S/C17H20N4O4/c1-24-16-17(19-9-8-18-16)25-13-5-3-12(4-6-13)21-15(23)11-2-7-14(22)20-10-11/h2,7-10,12-13H,3-6H2,1H3,(H,20,22)(H,21,23). The number of amides is 1. The van der Waals surface area contributed by atoms with Gasteiger partial charge in [0.1, 0.15) is 6.10 Å². The van der Waals surface area contributed by atoms with Gasteiger partial charge in [-0.1, -0.05) is 0 Å². The Labute approximate surface area is 144 Å². The number of rotatable bonds is 5. The molecule has 1 aliphatic carbocycles. The second-order valence-corrected chi connectivity index (χ2v) is 5.88. The maximum absolute atomic E-state index is 12.2. The molecule has 1 amide bonds. The van der Waals surface area contributed by atoms with Gasteiger partial charge in [-0.3, -0.25) is 9.59 Å². The molecular formula is C17H20N4O4. The van der Waals surface area contributed by atoms with E-state index in [1.807, 2.05) is 0 Å². The zero-order valence-electron chi connectivity index (χ0n) is 13.9. The first kappa shape index (κ1) is 16.9. The van der Waals surface area contributed by atoms with Crippen LogP contribution < -0.4 is 20.3 Å². The highest BCUT2D eigenvalue weighted by molar-refractivity contribution is 5.93. The summed E-state index contributed by atoms with van der Waals surface area (Å²) in [5.74, 6) is 0.581. The van der Waals surface area contributed by atoms with Crippen LogP contribution in [0.2, 0.25) is 0 Å². The van der Waals surface area contributed by atoms with E-state index in [-0.39, 0.29) is 23.6 Å². The van der Waals surface area contributed by atoms with Crippen molar-refractivity contribution in [3.63, 3.8) is 0 Å². The highest BCUT2D eigenvalue weighted by Gasteiger charge is 2.25. The van der Waals surface area contributed by atoms with E-state index in [0.717, 1.165) is 25.7 Å². The van der Waals surface area contributed by atoms with Crippen LogP contribution in [0.4, 0.5) is 0 Å². The Morgan fingerprint density at radius 3 is 2.52 bits per heavy atom. The molecule has 0 bridgehead atoms. The van der Waals surface area contributed by atoms with Crippen molar-refractivity contribution < 1.29 is 14.3 Å². The third-order valence-electron chi connectivity index (χ3n) is 4.16. The van der Waals surface area contributed by atoms with Crippen LogP contribution in [0, 0.1) is 0 Å². The summed E-state index contributed by atoms with van der Waals surface area (Å²) in [7, 11) is 1.53. The van der Waals surface area contributed by atoms with Crippen molar-refractivity contribution in [2.75, 3.05) is 7.11 Å². The number of H-pyrrole nitrogens is 1. The number of nitrogens with zero attached hydrogens (tertiary/aromatic N) is 2. The number of carbonyl (C=O) groups excluding carboxylic acids is 1. The van der Waals surface area contributed by atoms with Gasteiger partial charge >= 0.3 is 0 Å². The number of pyridine rings is 1. The van der Waals surface area contributed by atoms with Gasteiger partial charge in [0.25, 0.3) is 17.7 Å². The van der Waals surface area contributed by atoms with E-state index in [0.29, 0.717) is 17.3 Å². The van der Waals surface area contributed by atoms with Crippen LogP contribution in [0.1, 0.15) is 36.0 Å². The van der Waals surface area contributed by atoms with Crippen LogP contribution in [0.25, 0.3) is 0 Å². The zero-order chi connectivity index (χ0) is 17.6. The lowest BCUT2D eigenvalue weighted by Gasteiger charge is -2.29. The van der Waals surface area contributed by atoms with E-state index >= 15 is 0 Å². The van der Waals surface area contributed by atoms with Crippen LogP contribution in [-0.4, -0.2) is 40.1 Å². The fourth-order valence-electron chi connectivity index (χ4n) is 2.84. The van der Waals surface area contributed by atoms with Gasteiger partial charge in [-0.05, 0) is 31.7 Å². The molecule has 0 spiro atoms.